The molecule has 2 aromatic carbocycles. The summed E-state index contributed by atoms with van der Waals surface area (Å²) >= 11 is 0. The number of nitrogens with zero attached hydrogens (tertiary/aromatic N) is 6. The molecule has 1 aliphatic carbocycles. The smallest absolute Gasteiger partial charge is 0.265 e. The van der Waals surface area contributed by atoms with Gasteiger partial charge in [-0.1, -0.05) is 18.2 Å². The van der Waals surface area contributed by atoms with E-state index in [9.17, 15) is 15.2 Å². The van der Waals surface area contributed by atoms with Crippen molar-refractivity contribution >= 4 is 16.7 Å². The highest BCUT2D eigenvalue weighted by atomic mass is 19.1. The van der Waals surface area contributed by atoms with E-state index in [2.05, 4.69) is 21.0 Å². The maximum absolute atomic E-state index is 15.2. The van der Waals surface area contributed by atoms with E-state index in [4.69, 9.17) is 10.5 Å². The van der Waals surface area contributed by atoms with Gasteiger partial charge in [0.1, 0.15) is 23.4 Å². The lowest BCUT2D eigenvalue weighted by Gasteiger charge is -2.16. The molecule has 212 valence electrons. The summed E-state index contributed by atoms with van der Waals surface area (Å²) < 4.78 is 23.4. The molecule has 3 aromatic heterocycles. The Bertz CT molecular complexity index is 1920. The summed E-state index contributed by atoms with van der Waals surface area (Å²) in [6.07, 6.45) is 5.78. The van der Waals surface area contributed by atoms with Gasteiger partial charge in [-0.3, -0.25) is 9.36 Å². The van der Waals surface area contributed by atoms with Crippen molar-refractivity contribution in [3.63, 3.8) is 0 Å². The van der Waals surface area contributed by atoms with Crippen molar-refractivity contribution in [1.82, 2.24) is 24.1 Å². The molecular formula is C31H28FN7O3. The number of rotatable bonds is 9. The molecule has 3 N–H and O–H groups in total. The topological polar surface area (TPSA) is 145 Å². The molecule has 0 amide bonds. The van der Waals surface area contributed by atoms with Gasteiger partial charge >= 0.3 is 0 Å². The largest absolute Gasteiger partial charge is 0.392 e. The number of pyridine rings is 1. The van der Waals surface area contributed by atoms with Gasteiger partial charge in [-0.15, -0.1) is 0 Å². The number of nitrogen functional groups attached to an aromatic ring is 1. The van der Waals surface area contributed by atoms with Crippen molar-refractivity contribution in [3.05, 3.63) is 99.2 Å². The second-order valence-corrected chi connectivity index (χ2v) is 10.3. The zero-order chi connectivity index (χ0) is 29.4. The SMILES string of the molecule is COCCn1cc(Cc2nc(N)nc(-c3cccc(-n4ccc5cc(C6CC6)cc(F)c5c4=O)c3CO)n2)cc1C#N. The number of aromatic nitrogens is 5. The van der Waals surface area contributed by atoms with Gasteiger partial charge in [-0.2, -0.15) is 15.2 Å². The molecule has 42 heavy (non-hydrogen) atoms. The van der Waals surface area contributed by atoms with Crippen LogP contribution in [0.1, 0.15) is 47.0 Å². The third-order valence-corrected chi connectivity index (χ3v) is 7.50. The van der Waals surface area contributed by atoms with Crippen LogP contribution in [0, 0.1) is 17.1 Å². The Labute approximate surface area is 240 Å². The Kier molecular flexibility index (Phi) is 7.24. The first-order chi connectivity index (χ1) is 20.4. The van der Waals surface area contributed by atoms with Crippen molar-refractivity contribution in [1.29, 1.82) is 5.26 Å². The fraction of sp³-hybridized carbons (Fsp3) is 0.258. The third kappa shape index (κ3) is 5.13. The number of ether oxygens (including phenoxy) is 1. The van der Waals surface area contributed by atoms with Gasteiger partial charge in [0.2, 0.25) is 5.95 Å². The number of nitrogens with two attached hydrogens (primary N) is 1. The number of benzene rings is 2. The summed E-state index contributed by atoms with van der Waals surface area (Å²) in [6.45, 7) is 0.546. The fourth-order valence-electron chi connectivity index (χ4n) is 5.32. The standard InChI is InChI=1S/C31H28FN7O3/c1-42-10-9-38-16-18(11-22(38)15-33)12-27-35-29(37-31(34)36-27)23-3-2-4-26(24(23)17-40)39-8-7-20-13-21(19-5-6-19)14-25(32)28(20)30(39)41/h2-4,7-8,11,13-14,16,19,40H,5-6,9-10,12,17H2,1H3,(H2,34,35,36,37). The van der Waals surface area contributed by atoms with Gasteiger partial charge in [-0.05, 0) is 59.5 Å². The molecule has 1 saturated carbocycles. The van der Waals surface area contributed by atoms with Crippen LogP contribution in [0.25, 0.3) is 27.8 Å². The predicted molar refractivity (Wildman–Crippen MR) is 154 cm³/mol. The van der Waals surface area contributed by atoms with Crippen molar-refractivity contribution in [2.75, 3.05) is 19.5 Å². The zero-order valence-corrected chi connectivity index (χ0v) is 22.9. The number of nitriles is 1. The second kappa shape index (κ2) is 11.2. The lowest BCUT2D eigenvalue weighted by molar-refractivity contribution is 0.187. The van der Waals surface area contributed by atoms with Crippen LogP contribution in [0.5, 0.6) is 0 Å². The summed E-state index contributed by atoms with van der Waals surface area (Å²) in [5.41, 5.74) is 8.95. The van der Waals surface area contributed by atoms with Gasteiger partial charge < -0.3 is 20.1 Å². The first-order valence-corrected chi connectivity index (χ1v) is 13.6. The first-order valence-electron chi connectivity index (χ1n) is 13.6. The molecule has 0 atom stereocenters. The normalized spacial score (nSPS) is 13.0. The molecule has 1 aliphatic rings. The fourth-order valence-corrected chi connectivity index (χ4v) is 5.32. The van der Waals surface area contributed by atoms with E-state index in [0.717, 1.165) is 24.0 Å². The van der Waals surface area contributed by atoms with Crippen molar-refractivity contribution in [2.45, 2.75) is 38.3 Å². The molecule has 1 fully saturated rings. The lowest BCUT2D eigenvalue weighted by Crippen LogP contribution is -2.20. The third-order valence-electron chi connectivity index (χ3n) is 7.50. The molecule has 6 rings (SSSR count). The Morgan fingerprint density at radius 2 is 2.02 bits per heavy atom. The highest BCUT2D eigenvalue weighted by molar-refractivity contribution is 5.83. The van der Waals surface area contributed by atoms with E-state index in [1.165, 1.54) is 10.6 Å². The van der Waals surface area contributed by atoms with Crippen LogP contribution in [0.3, 0.4) is 0 Å². The maximum Gasteiger partial charge on any atom is 0.265 e. The summed E-state index contributed by atoms with van der Waals surface area (Å²) in [5, 5.41) is 20.5. The van der Waals surface area contributed by atoms with Crippen LogP contribution in [0.4, 0.5) is 10.3 Å². The molecule has 0 unspecified atom stereocenters. The minimum atomic E-state index is -0.555. The van der Waals surface area contributed by atoms with E-state index < -0.39 is 18.0 Å². The minimum Gasteiger partial charge on any atom is -0.392 e. The number of hydrogen-bond acceptors (Lipinski definition) is 8. The van der Waals surface area contributed by atoms with E-state index in [1.807, 2.05) is 12.3 Å². The van der Waals surface area contributed by atoms with Crippen LogP contribution in [0.2, 0.25) is 0 Å². The number of aliphatic hydroxyl groups is 1. The molecule has 5 aromatic rings. The van der Waals surface area contributed by atoms with Crippen LogP contribution in [0.15, 0.2) is 59.7 Å². The van der Waals surface area contributed by atoms with Crippen molar-refractivity contribution < 1.29 is 14.2 Å². The van der Waals surface area contributed by atoms with Crippen molar-refractivity contribution in [2.24, 2.45) is 0 Å². The minimum absolute atomic E-state index is 0.00272. The summed E-state index contributed by atoms with van der Waals surface area (Å²) in [7, 11) is 1.60. The van der Waals surface area contributed by atoms with E-state index >= 15 is 4.39 Å². The van der Waals surface area contributed by atoms with E-state index in [1.54, 1.807) is 48.2 Å². The Morgan fingerprint density at radius 3 is 2.76 bits per heavy atom. The Balaban J connectivity index is 1.39. The van der Waals surface area contributed by atoms with Crippen LogP contribution >= 0.6 is 0 Å². The number of halogens is 1. The number of methoxy groups -OCH3 is 1. The lowest BCUT2D eigenvalue weighted by atomic mass is 10.0. The van der Waals surface area contributed by atoms with Gasteiger partial charge in [0.15, 0.2) is 5.82 Å². The summed E-state index contributed by atoms with van der Waals surface area (Å²) in [4.78, 5) is 26.7. The predicted octanol–water partition coefficient (Wildman–Crippen LogP) is 3.84. The molecule has 11 heteroatoms. The molecule has 10 nitrogen and oxygen atoms in total. The molecule has 0 radical (unpaired) electrons. The van der Waals surface area contributed by atoms with Crippen LogP contribution < -0.4 is 11.3 Å². The Morgan fingerprint density at radius 1 is 1.19 bits per heavy atom. The quantitative estimate of drug-likeness (QED) is 0.274. The number of hydrogen-bond donors (Lipinski definition) is 2. The molecule has 3 heterocycles. The van der Waals surface area contributed by atoms with Gasteiger partial charge in [0.25, 0.3) is 5.56 Å². The zero-order valence-electron chi connectivity index (χ0n) is 22.9. The summed E-state index contributed by atoms with van der Waals surface area (Å²) in [5.74, 6) is 0.375. The van der Waals surface area contributed by atoms with Crippen LogP contribution in [-0.4, -0.2) is 42.9 Å². The van der Waals surface area contributed by atoms with Crippen LogP contribution in [-0.2, 0) is 24.3 Å². The molecule has 0 bridgehead atoms. The number of anilines is 1. The highest BCUT2D eigenvalue weighted by Gasteiger charge is 2.25. The molecule has 0 spiro atoms. The van der Waals surface area contributed by atoms with Gasteiger partial charge in [0, 0.05) is 43.6 Å². The monoisotopic (exact) mass is 565 g/mol. The van der Waals surface area contributed by atoms with Gasteiger partial charge in [0.05, 0.1) is 24.3 Å². The van der Waals surface area contributed by atoms with E-state index in [-0.39, 0.29) is 23.6 Å². The number of fused-ring (bicyclic) bond motifs is 1. The average molecular weight is 566 g/mol. The summed E-state index contributed by atoms with van der Waals surface area (Å²) in [6, 6.07) is 14.1. The maximum atomic E-state index is 15.2. The van der Waals surface area contributed by atoms with Gasteiger partial charge in [-0.25, -0.2) is 9.37 Å². The number of aliphatic hydroxyl groups excluding tert-OH is 1. The van der Waals surface area contributed by atoms with E-state index in [0.29, 0.717) is 52.8 Å². The Hall–Kier alpha value is -4.92. The highest BCUT2D eigenvalue weighted by Crippen LogP contribution is 2.41. The molecular weight excluding hydrogens is 537 g/mol. The average Bonchev–Trinajstić information content (AvgIpc) is 3.76. The second-order valence-electron chi connectivity index (χ2n) is 10.3. The molecule has 0 aliphatic heterocycles. The van der Waals surface area contributed by atoms with Crippen molar-refractivity contribution in [3.8, 4) is 23.1 Å². The molecule has 0 saturated heterocycles. The first kappa shape index (κ1) is 27.3.